The van der Waals surface area contributed by atoms with Crippen molar-refractivity contribution in [2.75, 3.05) is 0 Å². The number of carbonyl (C=O) groups excluding carboxylic acids is 1. The van der Waals surface area contributed by atoms with Crippen LogP contribution in [0.5, 0.6) is 0 Å². The molecular weight excluding hydrogens is 349 g/mol. The summed E-state index contributed by atoms with van der Waals surface area (Å²) in [6.45, 7) is 0. The lowest BCUT2D eigenvalue weighted by Crippen LogP contribution is -2.03. The lowest BCUT2D eigenvalue weighted by atomic mass is 10.1. The molecule has 0 N–H and O–H groups in total. The van der Waals surface area contributed by atoms with Crippen LogP contribution in [0.2, 0.25) is 0 Å². The fourth-order valence-electron chi connectivity index (χ4n) is 1.97. The summed E-state index contributed by atoms with van der Waals surface area (Å²) in [5.74, 6) is -3.66. The van der Waals surface area contributed by atoms with E-state index in [0.29, 0.717) is 5.39 Å². The molecule has 0 aliphatic carbocycles. The molecule has 0 aliphatic rings. The van der Waals surface area contributed by atoms with Crippen molar-refractivity contribution in [3.63, 3.8) is 0 Å². The van der Waals surface area contributed by atoms with Crippen LogP contribution >= 0.6 is 15.9 Å². The average molecular weight is 355 g/mol. The SMILES string of the molecule is O=C(c1cc2cccc(F)c2o1)c1ccc(F)c(F)c1Br. The Bertz CT molecular complexity index is 871. The molecule has 0 atom stereocenters. The number of benzene rings is 2. The summed E-state index contributed by atoms with van der Waals surface area (Å²) >= 11 is 2.84. The summed E-state index contributed by atoms with van der Waals surface area (Å²) in [6.07, 6.45) is 0. The number of fused-ring (bicyclic) bond motifs is 1. The third kappa shape index (κ3) is 2.25. The highest BCUT2D eigenvalue weighted by Gasteiger charge is 2.21. The third-order valence-corrected chi connectivity index (χ3v) is 3.77. The Labute approximate surface area is 125 Å². The monoisotopic (exact) mass is 354 g/mol. The minimum absolute atomic E-state index is 0.0560. The Balaban J connectivity index is 2.13. The van der Waals surface area contributed by atoms with E-state index in [1.165, 1.54) is 18.2 Å². The van der Waals surface area contributed by atoms with Gasteiger partial charge in [0.05, 0.1) is 4.47 Å². The fourth-order valence-corrected chi connectivity index (χ4v) is 2.48. The van der Waals surface area contributed by atoms with Gasteiger partial charge < -0.3 is 4.42 Å². The van der Waals surface area contributed by atoms with Gasteiger partial charge in [-0.15, -0.1) is 0 Å². The van der Waals surface area contributed by atoms with Crippen molar-refractivity contribution < 1.29 is 22.4 Å². The molecule has 3 aromatic rings. The number of hydrogen-bond donors (Lipinski definition) is 0. The first-order valence-corrected chi connectivity index (χ1v) is 6.64. The lowest BCUT2D eigenvalue weighted by molar-refractivity contribution is 0.101. The zero-order chi connectivity index (χ0) is 15.1. The Hall–Kier alpha value is -2.08. The van der Waals surface area contributed by atoms with Crippen LogP contribution < -0.4 is 0 Å². The minimum Gasteiger partial charge on any atom is -0.449 e. The molecule has 0 fully saturated rings. The van der Waals surface area contributed by atoms with E-state index in [2.05, 4.69) is 15.9 Å². The highest BCUT2D eigenvalue weighted by Crippen LogP contribution is 2.28. The normalized spacial score (nSPS) is 11.0. The van der Waals surface area contributed by atoms with Crippen LogP contribution in [0.1, 0.15) is 16.1 Å². The van der Waals surface area contributed by atoms with Crippen LogP contribution in [-0.2, 0) is 0 Å². The average Bonchev–Trinajstić information content (AvgIpc) is 2.90. The van der Waals surface area contributed by atoms with Crippen LogP contribution in [0.3, 0.4) is 0 Å². The molecule has 3 rings (SSSR count). The van der Waals surface area contributed by atoms with Gasteiger partial charge in [0.1, 0.15) is 0 Å². The van der Waals surface area contributed by atoms with Gasteiger partial charge in [0.25, 0.3) is 0 Å². The van der Waals surface area contributed by atoms with Crippen LogP contribution in [-0.4, -0.2) is 5.78 Å². The second kappa shape index (κ2) is 5.04. The first-order valence-electron chi connectivity index (χ1n) is 5.85. The maximum Gasteiger partial charge on any atom is 0.229 e. The van der Waals surface area contributed by atoms with Gasteiger partial charge in [-0.05, 0) is 40.2 Å². The molecule has 0 saturated carbocycles. The highest BCUT2D eigenvalue weighted by molar-refractivity contribution is 9.10. The highest BCUT2D eigenvalue weighted by atomic mass is 79.9. The number of furan rings is 1. The molecule has 6 heteroatoms. The Morgan fingerprint density at radius 1 is 1.05 bits per heavy atom. The Morgan fingerprint density at radius 2 is 1.81 bits per heavy atom. The molecule has 1 aromatic heterocycles. The van der Waals surface area contributed by atoms with Crippen molar-refractivity contribution in [3.8, 4) is 0 Å². The third-order valence-electron chi connectivity index (χ3n) is 3.00. The fraction of sp³-hybridized carbons (Fsp3) is 0. The quantitative estimate of drug-likeness (QED) is 0.486. The van der Waals surface area contributed by atoms with Crippen molar-refractivity contribution in [3.05, 3.63) is 69.6 Å². The zero-order valence-electron chi connectivity index (χ0n) is 10.3. The largest absolute Gasteiger partial charge is 0.449 e. The van der Waals surface area contributed by atoms with E-state index in [1.807, 2.05) is 0 Å². The summed E-state index contributed by atoms with van der Waals surface area (Å²) in [4.78, 5) is 12.3. The number of carbonyl (C=O) groups is 1. The van der Waals surface area contributed by atoms with Gasteiger partial charge in [-0.1, -0.05) is 12.1 Å². The van der Waals surface area contributed by atoms with E-state index < -0.39 is 23.2 Å². The molecule has 0 spiro atoms. The van der Waals surface area contributed by atoms with Crippen LogP contribution in [0.25, 0.3) is 11.0 Å². The number of ketones is 1. The molecule has 0 radical (unpaired) electrons. The molecule has 2 nitrogen and oxygen atoms in total. The van der Waals surface area contributed by atoms with Crippen LogP contribution in [0.15, 0.2) is 45.3 Å². The number of para-hydroxylation sites is 1. The van der Waals surface area contributed by atoms with Crippen molar-refractivity contribution in [1.82, 2.24) is 0 Å². The van der Waals surface area contributed by atoms with E-state index in [-0.39, 0.29) is 21.4 Å². The predicted molar refractivity (Wildman–Crippen MR) is 73.7 cm³/mol. The van der Waals surface area contributed by atoms with E-state index in [1.54, 1.807) is 6.07 Å². The summed E-state index contributed by atoms with van der Waals surface area (Å²) < 4.78 is 44.9. The predicted octanol–water partition coefficient (Wildman–Crippen LogP) is 4.84. The van der Waals surface area contributed by atoms with Crippen molar-refractivity contribution in [2.24, 2.45) is 0 Å². The molecule has 0 unspecified atom stereocenters. The molecule has 0 aliphatic heterocycles. The molecule has 0 amide bonds. The Morgan fingerprint density at radius 3 is 2.52 bits per heavy atom. The molecule has 0 bridgehead atoms. The second-order valence-corrected chi connectivity index (χ2v) is 5.11. The molecule has 106 valence electrons. The van der Waals surface area contributed by atoms with Gasteiger partial charge >= 0.3 is 0 Å². The van der Waals surface area contributed by atoms with Crippen LogP contribution in [0, 0.1) is 17.5 Å². The van der Waals surface area contributed by atoms with E-state index in [0.717, 1.165) is 12.1 Å². The lowest BCUT2D eigenvalue weighted by Gasteiger charge is -2.03. The topological polar surface area (TPSA) is 30.2 Å². The van der Waals surface area contributed by atoms with E-state index in [4.69, 9.17) is 4.42 Å². The van der Waals surface area contributed by atoms with Crippen molar-refractivity contribution >= 4 is 32.7 Å². The van der Waals surface area contributed by atoms with Crippen LogP contribution in [0.4, 0.5) is 13.2 Å². The standard InChI is InChI=1S/C15H6BrF3O2/c16-12-8(4-5-9(17)13(12)19)14(20)11-6-7-2-1-3-10(18)15(7)21-11/h1-6H. The smallest absolute Gasteiger partial charge is 0.229 e. The maximum absolute atomic E-state index is 13.5. The minimum atomic E-state index is -1.16. The number of halogens is 4. The zero-order valence-corrected chi connectivity index (χ0v) is 11.9. The molecular formula is C15H6BrF3O2. The first kappa shape index (κ1) is 13.9. The number of hydrogen-bond acceptors (Lipinski definition) is 2. The van der Waals surface area contributed by atoms with Crippen molar-refractivity contribution in [1.29, 1.82) is 0 Å². The van der Waals surface area contributed by atoms with Gasteiger partial charge in [-0.2, -0.15) is 0 Å². The molecule has 21 heavy (non-hydrogen) atoms. The summed E-state index contributed by atoms with van der Waals surface area (Å²) in [6, 6.07) is 7.60. The second-order valence-electron chi connectivity index (χ2n) is 4.32. The van der Waals surface area contributed by atoms with E-state index >= 15 is 0 Å². The van der Waals surface area contributed by atoms with Crippen molar-refractivity contribution in [2.45, 2.75) is 0 Å². The first-order chi connectivity index (χ1) is 9.99. The summed E-state index contributed by atoms with van der Waals surface area (Å²) in [7, 11) is 0. The Kier molecular flexibility index (Phi) is 3.33. The summed E-state index contributed by atoms with van der Waals surface area (Å²) in [5.41, 5.74) is -0.159. The van der Waals surface area contributed by atoms with Gasteiger partial charge in [0.2, 0.25) is 5.78 Å². The maximum atomic E-state index is 13.5. The van der Waals surface area contributed by atoms with Gasteiger partial charge in [-0.3, -0.25) is 4.79 Å². The van der Waals surface area contributed by atoms with Gasteiger partial charge in [0.15, 0.2) is 28.8 Å². The number of rotatable bonds is 2. The molecule has 1 heterocycles. The van der Waals surface area contributed by atoms with Gasteiger partial charge in [-0.25, -0.2) is 13.2 Å². The summed E-state index contributed by atoms with van der Waals surface area (Å²) in [5, 5.41) is 0.414. The molecule has 2 aromatic carbocycles. The van der Waals surface area contributed by atoms with Gasteiger partial charge in [0, 0.05) is 10.9 Å². The molecule has 0 saturated heterocycles. The van der Waals surface area contributed by atoms with E-state index in [9.17, 15) is 18.0 Å².